The largest absolute Gasteiger partial charge is 0.347 e. The van der Waals surface area contributed by atoms with Gasteiger partial charge in [0.25, 0.3) is 11.8 Å². The lowest BCUT2D eigenvalue weighted by atomic mass is 10.1. The lowest BCUT2D eigenvalue weighted by Gasteiger charge is -2.09. The molecule has 0 aliphatic carbocycles. The van der Waals surface area contributed by atoms with E-state index < -0.39 is 5.82 Å². The quantitative estimate of drug-likeness (QED) is 0.487. The standard InChI is InChI=1S/C21H14FN5O2S2/c22-13-8-25-27(11-13)21-24-10-14(30-21)9-23-19(28)12-5-6-18-16(7-12)26-20(29)15-3-1-2-4-17(15)31-18/h1-8,10-11H,9H2,(H,23,28)(H,26,29). The summed E-state index contributed by atoms with van der Waals surface area (Å²) in [4.78, 5) is 31.9. The molecule has 0 radical (unpaired) electrons. The van der Waals surface area contributed by atoms with E-state index in [0.29, 0.717) is 21.9 Å². The zero-order valence-electron chi connectivity index (χ0n) is 15.8. The predicted octanol–water partition coefficient (Wildman–Crippen LogP) is 4.11. The minimum Gasteiger partial charge on any atom is -0.347 e. The van der Waals surface area contributed by atoms with Gasteiger partial charge in [0.1, 0.15) is 0 Å². The third-order valence-electron chi connectivity index (χ3n) is 4.55. The maximum Gasteiger partial charge on any atom is 0.256 e. The van der Waals surface area contributed by atoms with E-state index in [2.05, 4.69) is 20.7 Å². The van der Waals surface area contributed by atoms with Crippen molar-refractivity contribution in [3.05, 3.63) is 82.9 Å². The van der Waals surface area contributed by atoms with Crippen molar-refractivity contribution in [2.75, 3.05) is 5.32 Å². The van der Waals surface area contributed by atoms with Gasteiger partial charge in [0.15, 0.2) is 5.82 Å². The fourth-order valence-electron chi connectivity index (χ4n) is 3.07. The molecule has 10 heteroatoms. The Morgan fingerprint density at radius 2 is 2.03 bits per heavy atom. The van der Waals surface area contributed by atoms with Crippen LogP contribution < -0.4 is 10.6 Å². The summed E-state index contributed by atoms with van der Waals surface area (Å²) in [6.45, 7) is 0.268. The summed E-state index contributed by atoms with van der Waals surface area (Å²) in [5, 5.41) is 10.1. The number of hydrogen-bond acceptors (Lipinski definition) is 6. The number of nitrogens with one attached hydrogen (secondary N) is 2. The second-order valence-corrected chi connectivity index (χ2v) is 8.84. The SMILES string of the molecule is O=C(NCc1cnc(-n2cc(F)cn2)s1)c1ccc2c(c1)NC(=O)c1ccccc1S2. The molecular weight excluding hydrogens is 437 g/mol. The first-order chi connectivity index (χ1) is 15.1. The number of benzene rings is 2. The molecule has 2 aromatic carbocycles. The Morgan fingerprint density at radius 1 is 1.16 bits per heavy atom. The Kier molecular flexibility index (Phi) is 5.00. The number of hydrogen-bond donors (Lipinski definition) is 2. The van der Waals surface area contributed by atoms with Crippen molar-refractivity contribution >= 4 is 40.6 Å². The Labute approximate surface area is 184 Å². The molecule has 0 atom stereocenters. The molecule has 0 saturated heterocycles. The van der Waals surface area contributed by atoms with Crippen LogP contribution >= 0.6 is 23.1 Å². The Balaban J connectivity index is 1.29. The highest BCUT2D eigenvalue weighted by Gasteiger charge is 2.20. The van der Waals surface area contributed by atoms with Crippen LogP contribution in [-0.2, 0) is 6.54 Å². The number of fused-ring (bicyclic) bond motifs is 2. The van der Waals surface area contributed by atoms with Crippen LogP contribution in [0.25, 0.3) is 5.13 Å². The molecule has 5 rings (SSSR count). The van der Waals surface area contributed by atoms with Crippen molar-refractivity contribution in [2.24, 2.45) is 0 Å². The van der Waals surface area contributed by atoms with E-state index in [1.54, 1.807) is 24.4 Å². The van der Waals surface area contributed by atoms with Gasteiger partial charge in [0.2, 0.25) is 5.13 Å². The van der Waals surface area contributed by atoms with Crippen LogP contribution in [-0.4, -0.2) is 26.6 Å². The molecule has 31 heavy (non-hydrogen) atoms. The van der Waals surface area contributed by atoms with Crippen molar-refractivity contribution in [3.8, 4) is 5.13 Å². The molecule has 0 spiro atoms. The van der Waals surface area contributed by atoms with Gasteiger partial charge < -0.3 is 10.6 Å². The van der Waals surface area contributed by atoms with Gasteiger partial charge in [0, 0.05) is 26.4 Å². The second kappa shape index (κ2) is 7.97. The molecule has 0 unspecified atom stereocenters. The molecular formula is C21H14FN5O2S2. The van der Waals surface area contributed by atoms with E-state index >= 15 is 0 Å². The summed E-state index contributed by atoms with van der Waals surface area (Å²) in [6.07, 6.45) is 3.96. The lowest BCUT2D eigenvalue weighted by Crippen LogP contribution is -2.22. The maximum atomic E-state index is 13.1. The molecule has 4 aromatic rings. The van der Waals surface area contributed by atoms with Crippen molar-refractivity contribution in [1.82, 2.24) is 20.1 Å². The van der Waals surface area contributed by atoms with E-state index in [4.69, 9.17) is 0 Å². The predicted molar refractivity (Wildman–Crippen MR) is 115 cm³/mol. The summed E-state index contributed by atoms with van der Waals surface area (Å²) in [5.74, 6) is -0.919. The fourth-order valence-corrected chi connectivity index (χ4v) is 4.86. The third kappa shape index (κ3) is 3.94. The van der Waals surface area contributed by atoms with Crippen LogP contribution in [0.15, 0.2) is 70.8 Å². The van der Waals surface area contributed by atoms with Crippen LogP contribution in [0.2, 0.25) is 0 Å². The number of carbonyl (C=O) groups is 2. The monoisotopic (exact) mass is 451 g/mol. The molecule has 2 aromatic heterocycles. The maximum absolute atomic E-state index is 13.1. The van der Waals surface area contributed by atoms with Gasteiger partial charge in [-0.15, -0.1) is 0 Å². The number of aromatic nitrogens is 3. The highest BCUT2D eigenvalue weighted by atomic mass is 32.2. The van der Waals surface area contributed by atoms with Crippen LogP contribution in [0.4, 0.5) is 10.1 Å². The average molecular weight is 452 g/mol. The van der Waals surface area contributed by atoms with Gasteiger partial charge in [-0.25, -0.2) is 14.1 Å². The first kappa shape index (κ1) is 19.5. The molecule has 0 saturated carbocycles. The van der Waals surface area contributed by atoms with Crippen molar-refractivity contribution in [2.45, 2.75) is 16.3 Å². The Hall–Kier alpha value is -3.50. The second-order valence-electron chi connectivity index (χ2n) is 6.66. The van der Waals surface area contributed by atoms with E-state index in [1.807, 2.05) is 24.3 Å². The van der Waals surface area contributed by atoms with Crippen LogP contribution in [0.1, 0.15) is 25.6 Å². The summed E-state index contributed by atoms with van der Waals surface area (Å²) >= 11 is 2.79. The van der Waals surface area contributed by atoms with Gasteiger partial charge in [-0.2, -0.15) is 5.10 Å². The molecule has 3 heterocycles. The minimum atomic E-state index is -0.443. The van der Waals surface area contributed by atoms with Crippen molar-refractivity contribution in [1.29, 1.82) is 0 Å². The zero-order chi connectivity index (χ0) is 21.4. The highest BCUT2D eigenvalue weighted by Crippen LogP contribution is 2.39. The van der Waals surface area contributed by atoms with Gasteiger partial charge in [0.05, 0.1) is 30.2 Å². The first-order valence-electron chi connectivity index (χ1n) is 9.22. The summed E-state index contributed by atoms with van der Waals surface area (Å²) < 4.78 is 14.5. The molecule has 0 fully saturated rings. The third-order valence-corrected chi connectivity index (χ3v) is 6.69. The number of anilines is 1. The Bertz CT molecular complexity index is 1320. The first-order valence-corrected chi connectivity index (χ1v) is 10.9. The minimum absolute atomic E-state index is 0.202. The number of halogens is 1. The van der Waals surface area contributed by atoms with E-state index in [-0.39, 0.29) is 18.4 Å². The lowest BCUT2D eigenvalue weighted by molar-refractivity contribution is 0.0949. The molecule has 2 N–H and O–H groups in total. The van der Waals surface area contributed by atoms with E-state index in [0.717, 1.165) is 20.9 Å². The molecule has 154 valence electrons. The number of amides is 2. The van der Waals surface area contributed by atoms with Crippen molar-refractivity contribution < 1.29 is 14.0 Å². The number of carbonyl (C=O) groups excluding carboxylic acids is 2. The topological polar surface area (TPSA) is 88.9 Å². The number of nitrogens with zero attached hydrogens (tertiary/aromatic N) is 3. The number of thiazole rings is 1. The highest BCUT2D eigenvalue weighted by molar-refractivity contribution is 7.99. The Morgan fingerprint density at radius 3 is 2.87 bits per heavy atom. The van der Waals surface area contributed by atoms with Gasteiger partial charge in [-0.3, -0.25) is 9.59 Å². The number of rotatable bonds is 4. The molecule has 2 amide bonds. The molecule has 1 aliphatic heterocycles. The van der Waals surface area contributed by atoms with Crippen LogP contribution in [0.5, 0.6) is 0 Å². The van der Waals surface area contributed by atoms with Crippen LogP contribution in [0.3, 0.4) is 0 Å². The van der Waals surface area contributed by atoms with Gasteiger partial charge in [-0.1, -0.05) is 35.2 Å². The summed E-state index contributed by atoms with van der Waals surface area (Å²) in [6, 6.07) is 12.6. The molecule has 7 nitrogen and oxygen atoms in total. The van der Waals surface area contributed by atoms with Crippen molar-refractivity contribution in [3.63, 3.8) is 0 Å². The van der Waals surface area contributed by atoms with Gasteiger partial charge in [-0.05, 0) is 30.3 Å². The van der Waals surface area contributed by atoms with Gasteiger partial charge >= 0.3 is 0 Å². The normalized spacial score (nSPS) is 12.5. The van der Waals surface area contributed by atoms with E-state index in [1.165, 1.54) is 34.0 Å². The summed E-state index contributed by atoms with van der Waals surface area (Å²) in [7, 11) is 0. The molecule has 0 bridgehead atoms. The van der Waals surface area contributed by atoms with E-state index in [9.17, 15) is 14.0 Å². The summed E-state index contributed by atoms with van der Waals surface area (Å²) in [5.41, 5.74) is 1.64. The molecule has 1 aliphatic rings. The smallest absolute Gasteiger partial charge is 0.256 e. The average Bonchev–Trinajstić information content (AvgIpc) is 3.39. The zero-order valence-corrected chi connectivity index (χ0v) is 17.5. The fraction of sp³-hybridized carbons (Fsp3) is 0.0476. The van der Waals surface area contributed by atoms with Crippen LogP contribution in [0, 0.1) is 5.82 Å².